The summed E-state index contributed by atoms with van der Waals surface area (Å²) in [5.74, 6) is 5.47. The van der Waals surface area contributed by atoms with Crippen LogP contribution in [-0.4, -0.2) is 76.2 Å². The van der Waals surface area contributed by atoms with Crippen molar-refractivity contribution < 1.29 is 19.0 Å². The molecule has 0 aliphatic carbocycles. The third-order valence-electron chi connectivity index (χ3n) is 5.98. The maximum Gasteiger partial charge on any atom is 0.356 e. The molecular formula is C25H25N8O3+. The largest absolute Gasteiger partial charge is 0.383 e. The summed E-state index contributed by atoms with van der Waals surface area (Å²) in [7, 11) is 3.16. The fourth-order valence-electron chi connectivity index (χ4n) is 4.40. The number of amidine groups is 1. The Morgan fingerprint density at radius 1 is 1.47 bits per heavy atom. The van der Waals surface area contributed by atoms with Crippen molar-refractivity contribution in [2.45, 2.75) is 12.5 Å². The molecule has 2 aliphatic heterocycles. The molecule has 1 fully saturated rings. The van der Waals surface area contributed by atoms with Gasteiger partial charge in [-0.3, -0.25) is 14.0 Å². The average Bonchev–Trinajstić information content (AvgIpc) is 3.57. The molecule has 0 radical (unpaired) electrons. The highest BCUT2D eigenvalue weighted by Crippen LogP contribution is 2.23. The summed E-state index contributed by atoms with van der Waals surface area (Å²) in [5.41, 5.74) is 10.9. The molecule has 11 nitrogen and oxygen atoms in total. The van der Waals surface area contributed by atoms with Crippen LogP contribution in [0.3, 0.4) is 0 Å². The third-order valence-corrected chi connectivity index (χ3v) is 5.98. The van der Waals surface area contributed by atoms with Crippen LogP contribution in [0.2, 0.25) is 0 Å². The first-order chi connectivity index (χ1) is 17.4. The number of primary amides is 1. The van der Waals surface area contributed by atoms with Crippen molar-refractivity contribution in [2.24, 2.45) is 16.6 Å². The fourth-order valence-corrected chi connectivity index (χ4v) is 4.40. The van der Waals surface area contributed by atoms with Crippen molar-refractivity contribution >= 4 is 29.5 Å². The van der Waals surface area contributed by atoms with Gasteiger partial charge in [-0.15, -0.1) is 4.68 Å². The summed E-state index contributed by atoms with van der Waals surface area (Å²) in [6, 6.07) is 5.47. The number of pyridine rings is 1. The molecule has 2 amide bonds. The van der Waals surface area contributed by atoms with Crippen LogP contribution in [0.25, 0.3) is 5.65 Å². The predicted octanol–water partition coefficient (Wildman–Crippen LogP) is -0.0238. The second kappa shape index (κ2) is 10.3. The first kappa shape index (κ1) is 24.4. The molecule has 2 aliphatic rings. The first-order valence-corrected chi connectivity index (χ1v) is 11.1. The molecule has 11 heteroatoms. The zero-order valence-corrected chi connectivity index (χ0v) is 19.9. The number of carbonyl (C=O) groups excluding carboxylic acids is 2. The lowest BCUT2D eigenvalue weighted by atomic mass is 10.1. The molecule has 36 heavy (non-hydrogen) atoms. The van der Waals surface area contributed by atoms with Crippen LogP contribution >= 0.6 is 0 Å². The molecule has 0 saturated carbocycles. The van der Waals surface area contributed by atoms with Gasteiger partial charge in [0, 0.05) is 31.3 Å². The summed E-state index contributed by atoms with van der Waals surface area (Å²) in [6.07, 6.45) is 7.03. The fraction of sp³-hybridized carbons (Fsp3) is 0.280. The maximum atomic E-state index is 12.3. The molecule has 0 spiro atoms. The summed E-state index contributed by atoms with van der Waals surface area (Å²) >= 11 is 0. The van der Waals surface area contributed by atoms with E-state index in [0.717, 1.165) is 0 Å². The number of allylic oxidation sites excluding steroid dienone is 1. The van der Waals surface area contributed by atoms with E-state index in [-0.39, 0.29) is 23.4 Å². The number of nitriles is 1. The molecule has 4 heterocycles. The van der Waals surface area contributed by atoms with E-state index in [1.54, 1.807) is 46.5 Å². The van der Waals surface area contributed by atoms with E-state index in [2.05, 4.69) is 39.9 Å². The maximum absolute atomic E-state index is 12.3. The Morgan fingerprint density at radius 3 is 2.94 bits per heavy atom. The number of amides is 2. The number of nitrogens with two attached hydrogens (primary N) is 1. The lowest BCUT2D eigenvalue weighted by molar-refractivity contribution is -0.456. The quantitative estimate of drug-likeness (QED) is 0.346. The number of nitrogens with one attached hydrogen (secondary N) is 1. The van der Waals surface area contributed by atoms with Crippen LogP contribution in [0.4, 0.5) is 0 Å². The Morgan fingerprint density at radius 2 is 2.28 bits per heavy atom. The third kappa shape index (κ3) is 4.60. The normalized spacial score (nSPS) is 21.4. The van der Waals surface area contributed by atoms with Crippen molar-refractivity contribution in [3.8, 4) is 17.9 Å². The number of ether oxygens (including phenoxy) is 1. The van der Waals surface area contributed by atoms with Gasteiger partial charge in [0.2, 0.25) is 5.91 Å². The molecule has 0 aromatic carbocycles. The number of methoxy groups -OCH3 is 1. The van der Waals surface area contributed by atoms with Gasteiger partial charge < -0.3 is 15.4 Å². The molecule has 3 N–H and O–H groups in total. The second-order valence-electron chi connectivity index (χ2n) is 8.24. The Labute approximate surface area is 207 Å². The second-order valence-corrected chi connectivity index (χ2v) is 8.24. The van der Waals surface area contributed by atoms with Gasteiger partial charge in [-0.05, 0) is 30.6 Å². The van der Waals surface area contributed by atoms with Crippen molar-refractivity contribution in [1.29, 1.82) is 5.26 Å². The van der Waals surface area contributed by atoms with Gasteiger partial charge >= 0.3 is 5.84 Å². The molecule has 1 saturated heterocycles. The van der Waals surface area contributed by atoms with E-state index < -0.39 is 5.91 Å². The number of hydrazine groups is 1. The number of rotatable bonds is 5. The number of hydrazone groups is 1. The van der Waals surface area contributed by atoms with Gasteiger partial charge in [-0.2, -0.15) is 5.26 Å². The Balaban J connectivity index is 1.63. The Hall–Kier alpha value is -4.74. The van der Waals surface area contributed by atoms with Gasteiger partial charge in [0.05, 0.1) is 18.8 Å². The van der Waals surface area contributed by atoms with E-state index in [0.29, 0.717) is 48.0 Å². The summed E-state index contributed by atoms with van der Waals surface area (Å²) in [5, 5.41) is 9.15. The van der Waals surface area contributed by atoms with Crippen molar-refractivity contribution in [3.05, 3.63) is 59.7 Å². The monoisotopic (exact) mass is 485 g/mol. The zero-order valence-electron chi connectivity index (χ0n) is 19.9. The van der Waals surface area contributed by atoms with E-state index in [1.165, 1.54) is 12.3 Å². The first-order valence-electron chi connectivity index (χ1n) is 11.1. The minimum Gasteiger partial charge on any atom is -0.383 e. The zero-order chi connectivity index (χ0) is 25.8. The number of nitrogens with zero attached hydrogens (tertiary/aromatic N) is 6. The highest BCUT2D eigenvalue weighted by atomic mass is 16.5. The topological polar surface area (TPSA) is 141 Å². The standard InChI is InChI=1S/C25H24N8O3/c1-4-22(34)32-13-17(9-18(32)15-36-3)14-33-25(28-2)23(24(27)35)20(30-33)6-5-16-7-8-31-19(11-26)12-29-21(31)10-16/h4,7-8,10,12,14,17-18H,1,9,13,15H2,2-3H3,(H2-,27,28,30,35)/p+1/b33-14+/t17?,18-/m1/s1. The van der Waals surface area contributed by atoms with E-state index >= 15 is 0 Å². The van der Waals surface area contributed by atoms with Gasteiger partial charge in [0.15, 0.2) is 5.57 Å². The number of likely N-dealkylation sites (tertiary alicyclic amines) is 1. The summed E-state index contributed by atoms with van der Waals surface area (Å²) in [6.45, 7) is 4.46. The molecular weight excluding hydrogens is 460 g/mol. The lowest BCUT2D eigenvalue weighted by Gasteiger charge is -2.22. The smallest absolute Gasteiger partial charge is 0.356 e. The number of aromatic nitrogens is 2. The lowest BCUT2D eigenvalue weighted by Crippen LogP contribution is -2.37. The predicted molar refractivity (Wildman–Crippen MR) is 132 cm³/mol. The molecule has 4 rings (SSSR count). The number of fused-ring (bicyclic) bond motifs is 1. The minimum atomic E-state index is -0.669. The van der Waals surface area contributed by atoms with Gasteiger partial charge in [-0.25, -0.2) is 10.4 Å². The summed E-state index contributed by atoms with van der Waals surface area (Å²) in [4.78, 5) is 34.8. The Bertz CT molecular complexity index is 1450. The Kier molecular flexibility index (Phi) is 6.95. The van der Waals surface area contributed by atoms with Crippen molar-refractivity contribution in [2.75, 3.05) is 27.3 Å². The average molecular weight is 486 g/mol. The van der Waals surface area contributed by atoms with Crippen LogP contribution in [0.1, 0.15) is 17.7 Å². The minimum absolute atomic E-state index is 0.0306. The molecule has 182 valence electrons. The van der Waals surface area contributed by atoms with Crippen LogP contribution < -0.4 is 11.2 Å². The highest BCUT2D eigenvalue weighted by molar-refractivity contribution is 6.19. The van der Waals surface area contributed by atoms with Crippen molar-refractivity contribution in [1.82, 2.24) is 19.7 Å². The van der Waals surface area contributed by atoms with E-state index in [9.17, 15) is 9.59 Å². The molecule has 1 unspecified atom stereocenters. The van der Waals surface area contributed by atoms with Gasteiger partial charge in [0.1, 0.15) is 36.4 Å². The van der Waals surface area contributed by atoms with Crippen LogP contribution in [0, 0.1) is 29.1 Å². The van der Waals surface area contributed by atoms with E-state index in [4.69, 9.17) is 15.7 Å². The van der Waals surface area contributed by atoms with Gasteiger partial charge in [0.25, 0.3) is 5.91 Å². The molecule has 0 bridgehead atoms. The SMILES string of the molecule is C=CC(=O)N1CC(/C=[N+]2/NC(C#Cc3ccn4c(C#N)cnc4c3)=C(C(N)=O)C2=NC)C[C@@H]1COC. The number of hydrogen-bond acceptors (Lipinski definition) is 7. The molecule has 2 atom stereocenters. The van der Waals surface area contributed by atoms with Crippen LogP contribution in [-0.2, 0) is 14.3 Å². The van der Waals surface area contributed by atoms with E-state index in [1.807, 2.05) is 6.21 Å². The van der Waals surface area contributed by atoms with Gasteiger partial charge in [-0.1, -0.05) is 17.5 Å². The molecule has 2 aromatic heterocycles. The number of carbonyl (C=O) groups is 2. The van der Waals surface area contributed by atoms with Crippen LogP contribution in [0.5, 0.6) is 0 Å². The molecule has 2 aromatic rings. The summed E-state index contributed by atoms with van der Waals surface area (Å²) < 4.78 is 8.56. The number of aliphatic imine (C=N–C) groups is 1. The highest BCUT2D eigenvalue weighted by Gasteiger charge is 2.39. The number of imidazole rings is 1. The number of hydrogen-bond donors (Lipinski definition) is 2. The van der Waals surface area contributed by atoms with Crippen LogP contribution in [0.15, 0.2) is 53.4 Å². The van der Waals surface area contributed by atoms with Crippen molar-refractivity contribution in [3.63, 3.8) is 0 Å².